The summed E-state index contributed by atoms with van der Waals surface area (Å²) in [7, 11) is 3.68. The maximum absolute atomic E-state index is 14.4. The van der Waals surface area contributed by atoms with Gasteiger partial charge in [-0.15, -0.1) is 0 Å². The number of hydrogen-bond donors (Lipinski definition) is 2. The summed E-state index contributed by atoms with van der Waals surface area (Å²) in [4.78, 5) is 9.29. The first-order valence-electron chi connectivity index (χ1n) is 10.6. The van der Waals surface area contributed by atoms with Gasteiger partial charge in [0.2, 0.25) is 0 Å². The number of nitrogens with zero attached hydrogens (tertiary/aromatic N) is 6. The first-order valence-corrected chi connectivity index (χ1v) is 10.6. The Hall–Kier alpha value is -3.95. The van der Waals surface area contributed by atoms with E-state index in [1.807, 2.05) is 49.1 Å². The molecule has 0 saturated heterocycles. The Balaban J connectivity index is 2.04. The molecule has 1 aromatic carbocycles. The highest BCUT2D eigenvalue weighted by Crippen LogP contribution is 2.35. The van der Waals surface area contributed by atoms with Crippen molar-refractivity contribution in [2.45, 2.75) is 38.9 Å². The average Bonchev–Trinajstić information content (AvgIpc) is 3.32. The molecule has 4 rings (SSSR count). The van der Waals surface area contributed by atoms with E-state index in [1.54, 1.807) is 19.4 Å². The second kappa shape index (κ2) is 8.19. The minimum atomic E-state index is -0.523. The molecule has 168 valence electrons. The minimum Gasteiger partial charge on any atom is -0.371 e. The Kier molecular flexibility index (Phi) is 5.52. The Labute approximate surface area is 191 Å². The Bertz CT molecular complexity index is 1440. The molecule has 2 N–H and O–H groups in total. The van der Waals surface area contributed by atoms with Gasteiger partial charge in [0.05, 0.1) is 41.8 Å². The van der Waals surface area contributed by atoms with Crippen molar-refractivity contribution >= 4 is 27.9 Å². The SMILES string of the molecule is CNc1nc2c(cc(-c3cc(F)cc(C#N)c3)n2CC(C#N)NC(C)(C)C)c2c1ncn2C. The number of imidazole rings is 1. The molecule has 0 spiro atoms. The van der Waals surface area contributed by atoms with Gasteiger partial charge >= 0.3 is 0 Å². The zero-order valence-corrected chi connectivity index (χ0v) is 19.2. The van der Waals surface area contributed by atoms with E-state index in [1.165, 1.54) is 12.1 Å². The van der Waals surface area contributed by atoms with Crippen LogP contribution in [0, 0.1) is 28.5 Å². The average molecular weight is 445 g/mol. The molecular weight excluding hydrogens is 419 g/mol. The lowest BCUT2D eigenvalue weighted by Crippen LogP contribution is -2.45. The lowest BCUT2D eigenvalue weighted by molar-refractivity contribution is 0.375. The van der Waals surface area contributed by atoms with Crippen LogP contribution in [-0.4, -0.2) is 37.7 Å². The zero-order chi connectivity index (χ0) is 23.9. The topological polar surface area (TPSA) is 107 Å². The maximum Gasteiger partial charge on any atom is 0.156 e. The van der Waals surface area contributed by atoms with Crippen LogP contribution in [0.2, 0.25) is 0 Å². The summed E-state index contributed by atoms with van der Waals surface area (Å²) < 4.78 is 18.2. The number of nitriles is 2. The van der Waals surface area contributed by atoms with Crippen molar-refractivity contribution in [2.75, 3.05) is 12.4 Å². The molecule has 1 unspecified atom stereocenters. The van der Waals surface area contributed by atoms with Gasteiger partial charge in [0.1, 0.15) is 23.0 Å². The molecule has 8 nitrogen and oxygen atoms in total. The van der Waals surface area contributed by atoms with E-state index in [0.717, 1.165) is 16.4 Å². The van der Waals surface area contributed by atoms with Crippen molar-refractivity contribution in [1.82, 2.24) is 24.4 Å². The molecule has 0 bridgehead atoms. The number of pyridine rings is 1. The van der Waals surface area contributed by atoms with Gasteiger partial charge in [-0.1, -0.05) is 0 Å². The molecule has 0 aliphatic heterocycles. The van der Waals surface area contributed by atoms with Gasteiger partial charge in [-0.2, -0.15) is 10.5 Å². The number of nitrogens with one attached hydrogen (secondary N) is 2. The van der Waals surface area contributed by atoms with E-state index < -0.39 is 11.9 Å². The third-order valence-corrected chi connectivity index (χ3v) is 5.39. The van der Waals surface area contributed by atoms with E-state index in [9.17, 15) is 14.9 Å². The molecule has 1 atom stereocenters. The van der Waals surface area contributed by atoms with Gasteiger partial charge in [0.15, 0.2) is 5.82 Å². The van der Waals surface area contributed by atoms with Crippen molar-refractivity contribution in [3.63, 3.8) is 0 Å². The second-order valence-corrected chi connectivity index (χ2v) is 9.06. The van der Waals surface area contributed by atoms with Gasteiger partial charge < -0.3 is 14.5 Å². The fourth-order valence-corrected chi connectivity index (χ4v) is 4.14. The van der Waals surface area contributed by atoms with E-state index in [0.29, 0.717) is 22.7 Å². The summed E-state index contributed by atoms with van der Waals surface area (Å²) in [5, 5.41) is 26.5. The summed E-state index contributed by atoms with van der Waals surface area (Å²) in [6.07, 6.45) is 1.72. The summed E-state index contributed by atoms with van der Waals surface area (Å²) in [5.41, 5.74) is 3.38. The Morgan fingerprint density at radius 1 is 1.18 bits per heavy atom. The quantitative estimate of drug-likeness (QED) is 0.483. The molecule has 4 aromatic rings. The summed E-state index contributed by atoms with van der Waals surface area (Å²) in [5.74, 6) is 0.110. The van der Waals surface area contributed by atoms with Crippen molar-refractivity contribution < 1.29 is 4.39 Å². The highest BCUT2D eigenvalue weighted by atomic mass is 19.1. The maximum atomic E-state index is 14.4. The van der Waals surface area contributed by atoms with Crippen molar-refractivity contribution in [3.05, 3.63) is 42.0 Å². The van der Waals surface area contributed by atoms with Crippen molar-refractivity contribution in [2.24, 2.45) is 7.05 Å². The van der Waals surface area contributed by atoms with Crippen LogP contribution in [0.1, 0.15) is 26.3 Å². The standard InChI is InChI=1S/C24H25FN8/c1-24(2,3)31-17(11-27)12-33-19(15-6-14(10-26)7-16(25)8-15)9-18-21-20(29-13-32(21)5)22(28-4)30-23(18)33/h6-9,13,17,31H,12H2,1-5H3,(H,28,30). The number of fused-ring (bicyclic) bond motifs is 3. The number of benzene rings is 1. The number of aromatic nitrogens is 4. The predicted molar refractivity (Wildman–Crippen MR) is 126 cm³/mol. The Morgan fingerprint density at radius 3 is 2.58 bits per heavy atom. The van der Waals surface area contributed by atoms with Crippen molar-refractivity contribution in [3.8, 4) is 23.4 Å². The lowest BCUT2D eigenvalue weighted by atomic mass is 10.1. The first kappa shape index (κ1) is 22.3. The molecule has 3 heterocycles. The summed E-state index contributed by atoms with van der Waals surface area (Å²) in [6.45, 7) is 6.27. The van der Waals surface area contributed by atoms with Crippen LogP contribution in [0.25, 0.3) is 33.3 Å². The molecule has 0 fully saturated rings. The van der Waals surface area contributed by atoms with Gasteiger partial charge in [-0.3, -0.25) is 5.32 Å². The molecule has 0 saturated carbocycles. The van der Waals surface area contributed by atoms with E-state index >= 15 is 0 Å². The number of rotatable bonds is 5. The Morgan fingerprint density at radius 2 is 1.94 bits per heavy atom. The monoisotopic (exact) mass is 444 g/mol. The van der Waals surface area contributed by atoms with Gasteiger partial charge in [0.25, 0.3) is 0 Å². The second-order valence-electron chi connectivity index (χ2n) is 9.06. The normalized spacial score (nSPS) is 12.6. The first-order chi connectivity index (χ1) is 15.6. The van der Waals surface area contributed by atoms with E-state index in [-0.39, 0.29) is 17.6 Å². The number of anilines is 1. The predicted octanol–water partition coefficient (Wildman–Crippen LogP) is 3.92. The number of aryl methyl sites for hydroxylation is 1. The zero-order valence-electron chi connectivity index (χ0n) is 19.2. The third-order valence-electron chi connectivity index (χ3n) is 5.39. The van der Waals surface area contributed by atoms with Gasteiger partial charge in [0, 0.05) is 30.6 Å². The van der Waals surface area contributed by atoms with Crippen LogP contribution < -0.4 is 10.6 Å². The molecular formula is C24H25FN8. The van der Waals surface area contributed by atoms with E-state index in [2.05, 4.69) is 21.7 Å². The molecule has 3 aromatic heterocycles. The molecule has 0 aliphatic rings. The molecule has 33 heavy (non-hydrogen) atoms. The lowest BCUT2D eigenvalue weighted by Gasteiger charge is -2.25. The van der Waals surface area contributed by atoms with Crippen LogP contribution in [0.4, 0.5) is 10.2 Å². The van der Waals surface area contributed by atoms with Crippen LogP contribution in [-0.2, 0) is 13.6 Å². The van der Waals surface area contributed by atoms with Gasteiger partial charge in [-0.25, -0.2) is 14.4 Å². The number of halogens is 1. The summed E-state index contributed by atoms with van der Waals surface area (Å²) >= 11 is 0. The van der Waals surface area contributed by atoms with Crippen LogP contribution in [0.15, 0.2) is 30.6 Å². The largest absolute Gasteiger partial charge is 0.371 e. The van der Waals surface area contributed by atoms with Crippen LogP contribution in [0.3, 0.4) is 0 Å². The molecule has 0 radical (unpaired) electrons. The third kappa shape index (κ3) is 4.11. The smallest absolute Gasteiger partial charge is 0.156 e. The minimum absolute atomic E-state index is 0.223. The highest BCUT2D eigenvalue weighted by Gasteiger charge is 2.23. The van der Waals surface area contributed by atoms with Crippen LogP contribution in [0.5, 0.6) is 0 Å². The van der Waals surface area contributed by atoms with E-state index in [4.69, 9.17) is 4.98 Å². The fraction of sp³-hybridized carbons (Fsp3) is 0.333. The molecule has 9 heteroatoms. The molecule has 0 amide bonds. The molecule has 0 aliphatic carbocycles. The van der Waals surface area contributed by atoms with Crippen molar-refractivity contribution in [1.29, 1.82) is 10.5 Å². The van der Waals surface area contributed by atoms with Crippen LogP contribution >= 0.6 is 0 Å². The highest BCUT2D eigenvalue weighted by molar-refractivity contribution is 6.07. The summed E-state index contributed by atoms with van der Waals surface area (Å²) in [6, 6.07) is 9.98. The fourth-order valence-electron chi connectivity index (χ4n) is 4.14. The number of hydrogen-bond acceptors (Lipinski definition) is 6. The van der Waals surface area contributed by atoms with Gasteiger partial charge in [-0.05, 0) is 45.0 Å².